The van der Waals surface area contributed by atoms with Crippen molar-refractivity contribution >= 4 is 75.7 Å². The van der Waals surface area contributed by atoms with Crippen LogP contribution in [0.5, 0.6) is 11.5 Å². The second kappa shape index (κ2) is 20.1. The highest BCUT2D eigenvalue weighted by Gasteiger charge is 2.32. The predicted molar refractivity (Wildman–Crippen MR) is 213 cm³/mol. The van der Waals surface area contributed by atoms with Crippen LogP contribution in [0.25, 0.3) is 0 Å². The fourth-order valence-electron chi connectivity index (χ4n) is 5.15. The zero-order chi connectivity index (χ0) is 41.3. The molecule has 0 bridgehead atoms. The number of rotatable bonds is 7. The quantitative estimate of drug-likeness (QED) is 0.144. The molecule has 57 heavy (non-hydrogen) atoms. The van der Waals surface area contributed by atoms with Crippen LogP contribution in [-0.2, 0) is 19.2 Å². The molecule has 0 spiro atoms. The summed E-state index contributed by atoms with van der Waals surface area (Å²) in [5.74, 6) is -3.19. The van der Waals surface area contributed by atoms with Crippen molar-refractivity contribution in [2.24, 2.45) is 4.99 Å². The molecule has 13 nitrogen and oxygen atoms in total. The number of aliphatic imine (C=N–C) groups is 1. The molecule has 6 rings (SSSR count). The van der Waals surface area contributed by atoms with Crippen molar-refractivity contribution in [3.05, 3.63) is 117 Å². The zero-order valence-corrected chi connectivity index (χ0v) is 32.2. The summed E-state index contributed by atoms with van der Waals surface area (Å²) < 4.78 is 37.9. The van der Waals surface area contributed by atoms with E-state index in [0.717, 1.165) is 15.9 Å². The number of hydrogen-bond acceptors (Lipinski definition) is 9. The van der Waals surface area contributed by atoms with E-state index in [0.29, 0.717) is 27.5 Å². The van der Waals surface area contributed by atoms with E-state index >= 15 is 0 Å². The molecule has 17 heteroatoms. The SMILES string of the molecule is C.CCC(=O)Nc1cc(OC)c(F)cc1C(=O)c1ccccc1Cl.CN1C(=O)CC(=O)N(C)C1=O.COc1cc2c(cc1F)C(c1ccccc1Cl)=NCC(=O)N2. The molecule has 0 radical (unpaired) electrons. The first-order valence-corrected chi connectivity index (χ1v) is 17.4. The summed E-state index contributed by atoms with van der Waals surface area (Å²) in [7, 11) is 5.38. The summed E-state index contributed by atoms with van der Waals surface area (Å²) in [6.07, 6.45) is 0.0121. The third-order valence-electron chi connectivity index (χ3n) is 8.21. The largest absolute Gasteiger partial charge is 0.494 e. The summed E-state index contributed by atoms with van der Waals surface area (Å²) in [4.78, 5) is 74.9. The number of urea groups is 1. The van der Waals surface area contributed by atoms with Crippen molar-refractivity contribution in [2.45, 2.75) is 27.2 Å². The summed E-state index contributed by atoms with van der Waals surface area (Å²) in [5.41, 5.74) is 2.45. The molecule has 2 aliphatic heterocycles. The van der Waals surface area contributed by atoms with E-state index in [1.807, 2.05) is 6.07 Å². The molecular formula is C40H39Cl2F2N5O8. The van der Waals surface area contributed by atoms with Crippen LogP contribution >= 0.6 is 23.2 Å². The zero-order valence-electron chi connectivity index (χ0n) is 30.7. The molecule has 2 aliphatic rings. The number of hydrogen-bond donors (Lipinski definition) is 2. The van der Waals surface area contributed by atoms with Gasteiger partial charge < -0.3 is 20.1 Å². The van der Waals surface area contributed by atoms with E-state index < -0.39 is 35.3 Å². The minimum Gasteiger partial charge on any atom is -0.494 e. The van der Waals surface area contributed by atoms with Crippen LogP contribution in [0.4, 0.5) is 25.0 Å². The lowest BCUT2D eigenvalue weighted by atomic mass is 10.00. The lowest BCUT2D eigenvalue weighted by Crippen LogP contribution is -2.51. The molecule has 1 saturated heterocycles. The van der Waals surface area contributed by atoms with E-state index in [1.54, 1.807) is 43.3 Å². The second-order valence-corrected chi connectivity index (χ2v) is 12.6. The van der Waals surface area contributed by atoms with Gasteiger partial charge in [-0.15, -0.1) is 0 Å². The Kier molecular flexibility index (Phi) is 16.0. The average Bonchev–Trinajstić information content (AvgIpc) is 3.34. The van der Waals surface area contributed by atoms with Gasteiger partial charge in [0.05, 0.1) is 36.3 Å². The highest BCUT2D eigenvalue weighted by atomic mass is 35.5. The van der Waals surface area contributed by atoms with E-state index in [1.165, 1.54) is 52.6 Å². The summed E-state index contributed by atoms with van der Waals surface area (Å²) in [6.45, 7) is 1.62. The number of benzene rings is 4. The molecule has 0 unspecified atom stereocenters. The Balaban J connectivity index is 0.000000241. The Morgan fingerprint density at radius 3 is 1.95 bits per heavy atom. The van der Waals surface area contributed by atoms with Gasteiger partial charge in [-0.2, -0.15) is 0 Å². The number of halogens is 4. The number of nitrogens with zero attached hydrogens (tertiary/aromatic N) is 3. The molecule has 0 atom stereocenters. The van der Waals surface area contributed by atoms with Crippen LogP contribution in [-0.4, -0.2) is 85.8 Å². The summed E-state index contributed by atoms with van der Waals surface area (Å²) in [5, 5.41) is 6.02. The van der Waals surface area contributed by atoms with Crippen LogP contribution in [0, 0.1) is 11.6 Å². The number of ether oxygens (including phenoxy) is 2. The van der Waals surface area contributed by atoms with Crippen LogP contribution in [0.2, 0.25) is 10.0 Å². The smallest absolute Gasteiger partial charge is 0.332 e. The van der Waals surface area contributed by atoms with Crippen LogP contribution in [0.15, 0.2) is 77.8 Å². The Hall–Kier alpha value is -6.19. The first kappa shape index (κ1) is 45.2. The van der Waals surface area contributed by atoms with Gasteiger partial charge >= 0.3 is 6.03 Å². The van der Waals surface area contributed by atoms with Gasteiger partial charge in [-0.3, -0.25) is 38.8 Å². The molecule has 0 aromatic heterocycles. The Morgan fingerprint density at radius 1 is 0.807 bits per heavy atom. The standard InChI is InChI=1S/C17H15ClFNO3.C16H12ClFN2O2.C6H8N2O3.CH4/c1-3-16(21)20-14-9-15(23-2)13(19)8-11(14)17(22)10-6-4-5-7-12(10)18;1-22-14-7-13-10(6-12(14)18)16(19-8-15(21)20-13)9-4-2-3-5-11(9)17;1-7-4(9)3-5(10)8(2)6(7)11;/h4-9H,3H2,1-2H3,(H,20,21);2-7H,8H2,1H3,(H,20,21);3H2,1-2H3;1H4. The number of ketones is 1. The molecule has 0 aliphatic carbocycles. The third-order valence-corrected chi connectivity index (χ3v) is 8.86. The second-order valence-electron chi connectivity index (χ2n) is 11.8. The lowest BCUT2D eigenvalue weighted by molar-refractivity contribution is -0.140. The van der Waals surface area contributed by atoms with Crippen molar-refractivity contribution in [1.29, 1.82) is 0 Å². The van der Waals surface area contributed by atoms with Gasteiger partial charge in [-0.05, 0) is 30.3 Å². The van der Waals surface area contributed by atoms with Crippen LogP contribution in [0.3, 0.4) is 0 Å². The summed E-state index contributed by atoms with van der Waals surface area (Å²) in [6, 6.07) is 18.1. The maximum Gasteiger partial charge on any atom is 0.332 e. The number of benzodiazepines with no additional fused rings is 1. The highest BCUT2D eigenvalue weighted by Crippen LogP contribution is 2.32. The van der Waals surface area contributed by atoms with E-state index in [9.17, 15) is 37.5 Å². The van der Waals surface area contributed by atoms with Crippen LogP contribution in [0.1, 0.15) is 54.2 Å². The van der Waals surface area contributed by atoms with Gasteiger partial charge in [0.2, 0.25) is 23.6 Å². The van der Waals surface area contributed by atoms with Gasteiger partial charge in [-0.25, -0.2) is 13.6 Å². The topological polar surface area (TPSA) is 164 Å². The first-order valence-electron chi connectivity index (χ1n) is 16.6. The number of imide groups is 2. The van der Waals surface area contributed by atoms with Gasteiger partial charge in [0, 0.05) is 59.9 Å². The molecule has 4 aromatic rings. The molecule has 0 saturated carbocycles. The normalized spacial score (nSPS) is 13.2. The fraction of sp³-hybridized carbons (Fsp3) is 0.225. The van der Waals surface area contributed by atoms with Crippen molar-refractivity contribution in [3.8, 4) is 11.5 Å². The molecular weight excluding hydrogens is 787 g/mol. The minimum atomic E-state index is -0.697. The predicted octanol–water partition coefficient (Wildman–Crippen LogP) is 7.41. The Bertz CT molecular complexity index is 2230. The molecule has 6 amide bonds. The number of fused-ring (bicyclic) bond motifs is 1. The van der Waals surface area contributed by atoms with E-state index in [4.69, 9.17) is 32.7 Å². The average molecular weight is 827 g/mol. The monoisotopic (exact) mass is 825 g/mol. The molecule has 2 heterocycles. The van der Waals surface area contributed by atoms with Gasteiger partial charge in [0.25, 0.3) is 0 Å². The molecule has 1 fully saturated rings. The van der Waals surface area contributed by atoms with E-state index in [2.05, 4.69) is 15.6 Å². The fourth-order valence-corrected chi connectivity index (χ4v) is 5.60. The Labute approximate surface area is 337 Å². The van der Waals surface area contributed by atoms with E-state index in [-0.39, 0.29) is 72.0 Å². The Morgan fingerprint density at radius 2 is 1.37 bits per heavy atom. The molecule has 4 aromatic carbocycles. The highest BCUT2D eigenvalue weighted by molar-refractivity contribution is 6.36. The number of amides is 6. The summed E-state index contributed by atoms with van der Waals surface area (Å²) >= 11 is 12.2. The van der Waals surface area contributed by atoms with Crippen molar-refractivity contribution in [2.75, 3.05) is 45.5 Å². The lowest BCUT2D eigenvalue weighted by Gasteiger charge is -2.26. The van der Waals surface area contributed by atoms with Gasteiger partial charge in [0.1, 0.15) is 13.0 Å². The van der Waals surface area contributed by atoms with Crippen molar-refractivity contribution in [1.82, 2.24) is 9.80 Å². The third kappa shape index (κ3) is 10.8. The maximum absolute atomic E-state index is 14.1. The molecule has 2 N–H and O–H groups in total. The number of nitrogens with one attached hydrogen (secondary N) is 2. The van der Waals surface area contributed by atoms with Crippen molar-refractivity contribution in [3.63, 3.8) is 0 Å². The van der Waals surface area contributed by atoms with Gasteiger partial charge in [-0.1, -0.05) is 67.9 Å². The number of methoxy groups -OCH3 is 2. The first-order chi connectivity index (χ1) is 26.6. The minimum absolute atomic E-state index is 0. The van der Waals surface area contributed by atoms with Crippen LogP contribution < -0.4 is 20.1 Å². The maximum atomic E-state index is 14.1. The number of carbonyl (C=O) groups excluding carboxylic acids is 6. The van der Waals surface area contributed by atoms with Crippen molar-refractivity contribution < 1.29 is 47.0 Å². The number of anilines is 2. The molecule has 300 valence electrons. The number of carbonyl (C=O) groups is 6. The number of barbiturate groups is 1. The van der Waals surface area contributed by atoms with Gasteiger partial charge in [0.15, 0.2) is 28.9 Å².